The summed E-state index contributed by atoms with van der Waals surface area (Å²) in [6, 6.07) is 8.69. The number of aliphatic hydroxyl groups excluding tert-OH is 1. The molecule has 0 spiro atoms. The van der Waals surface area contributed by atoms with Crippen LogP contribution < -0.4 is 10.2 Å². The van der Waals surface area contributed by atoms with Crippen molar-refractivity contribution in [1.29, 1.82) is 0 Å². The predicted molar refractivity (Wildman–Crippen MR) is 106 cm³/mol. The van der Waals surface area contributed by atoms with Gasteiger partial charge in [-0.1, -0.05) is 19.1 Å². The Kier molecular flexibility index (Phi) is 4.55. The van der Waals surface area contributed by atoms with Crippen LogP contribution in [0.5, 0.6) is 5.75 Å². The number of hydrogen-bond acceptors (Lipinski definition) is 6. The van der Waals surface area contributed by atoms with E-state index in [1.54, 1.807) is 12.1 Å². The minimum Gasteiger partial charge on any atom is -0.512 e. The van der Waals surface area contributed by atoms with Gasteiger partial charge in [-0.15, -0.1) is 0 Å². The van der Waals surface area contributed by atoms with Gasteiger partial charge in [0.25, 0.3) is 0 Å². The summed E-state index contributed by atoms with van der Waals surface area (Å²) in [7, 11) is 1.35. The van der Waals surface area contributed by atoms with Crippen LogP contribution in [0.4, 0.5) is 0 Å². The topological polar surface area (TPSA) is 86.0 Å². The van der Waals surface area contributed by atoms with Gasteiger partial charge in [-0.3, -0.25) is 9.59 Å². The fourth-order valence-electron chi connectivity index (χ4n) is 3.60. The minimum atomic E-state index is -0.380. The molecule has 2 heterocycles. The molecule has 1 aromatic heterocycles. The Morgan fingerprint density at radius 1 is 1.32 bits per heavy atom. The summed E-state index contributed by atoms with van der Waals surface area (Å²) in [4.78, 5) is 24.3. The van der Waals surface area contributed by atoms with E-state index in [9.17, 15) is 14.7 Å². The highest BCUT2D eigenvalue weighted by Gasteiger charge is 2.27. The highest BCUT2D eigenvalue weighted by Crippen LogP contribution is 2.40. The third-order valence-electron chi connectivity index (χ3n) is 4.94. The van der Waals surface area contributed by atoms with Gasteiger partial charge >= 0.3 is 5.97 Å². The summed E-state index contributed by atoms with van der Waals surface area (Å²) in [5.41, 5.74) is 1.24. The minimum absolute atomic E-state index is 0.120. The summed E-state index contributed by atoms with van der Waals surface area (Å²) in [5.74, 6) is 0.704. The Balaban J connectivity index is 1.99. The lowest BCUT2D eigenvalue weighted by Gasteiger charge is -2.26. The molecule has 0 unspecified atom stereocenters. The number of fused-ring (bicyclic) bond motifs is 2. The van der Waals surface area contributed by atoms with Gasteiger partial charge in [0.2, 0.25) is 0 Å². The van der Waals surface area contributed by atoms with Crippen LogP contribution in [0.15, 0.2) is 45.3 Å². The molecule has 1 N–H and O–H groups in total. The second-order valence-electron chi connectivity index (χ2n) is 6.82. The van der Waals surface area contributed by atoms with E-state index in [4.69, 9.17) is 13.9 Å². The number of methoxy groups -OCH3 is 1. The first kappa shape index (κ1) is 18.1. The Labute approximate surface area is 161 Å². The zero-order chi connectivity index (χ0) is 19.8. The highest BCUT2D eigenvalue weighted by molar-refractivity contribution is 6.08. The van der Waals surface area contributed by atoms with Crippen molar-refractivity contribution in [3.05, 3.63) is 57.6 Å². The fraction of sp³-hybridized carbons (Fsp3) is 0.273. The zero-order valence-corrected chi connectivity index (χ0v) is 15.7. The first-order chi connectivity index (χ1) is 13.5. The molecule has 0 radical (unpaired) electrons. The molecule has 4 rings (SSSR count). The van der Waals surface area contributed by atoms with Gasteiger partial charge in [-0.2, -0.15) is 0 Å². The van der Waals surface area contributed by atoms with E-state index < -0.39 is 0 Å². The Morgan fingerprint density at radius 2 is 2.14 bits per heavy atom. The van der Waals surface area contributed by atoms with Crippen LogP contribution in [-0.4, -0.2) is 24.3 Å². The Bertz CT molecular complexity index is 1170. The van der Waals surface area contributed by atoms with Gasteiger partial charge in [-0.05, 0) is 23.1 Å². The SMILES string of the molecule is CCC(O)=Cc1cc2c3c(cc4cccc(=O)c4c3o1)C[C@@H](CC(=O)OC)O2. The van der Waals surface area contributed by atoms with E-state index in [-0.39, 0.29) is 29.7 Å². The number of hydrogen-bond donors (Lipinski definition) is 1. The number of carbonyl (C=O) groups is 1. The van der Waals surface area contributed by atoms with Gasteiger partial charge in [0.15, 0.2) is 5.43 Å². The van der Waals surface area contributed by atoms with Gasteiger partial charge in [0.1, 0.15) is 23.2 Å². The summed E-state index contributed by atoms with van der Waals surface area (Å²) >= 11 is 0. The molecule has 0 amide bonds. The summed E-state index contributed by atoms with van der Waals surface area (Å²) < 4.78 is 16.8. The average molecular weight is 380 g/mol. The number of allylic oxidation sites excluding steroid dienone is 1. The van der Waals surface area contributed by atoms with Crippen LogP contribution in [0.1, 0.15) is 31.1 Å². The first-order valence-electron chi connectivity index (χ1n) is 9.15. The smallest absolute Gasteiger partial charge is 0.309 e. The summed E-state index contributed by atoms with van der Waals surface area (Å²) in [6.07, 6.45) is 2.20. The number of ether oxygens (including phenoxy) is 2. The molecule has 144 valence electrons. The molecule has 28 heavy (non-hydrogen) atoms. The maximum absolute atomic E-state index is 12.5. The van der Waals surface area contributed by atoms with Gasteiger partial charge in [0.05, 0.1) is 30.1 Å². The molecule has 1 aliphatic heterocycles. The maximum atomic E-state index is 12.5. The number of benzene rings is 2. The van der Waals surface area contributed by atoms with Crippen LogP contribution in [0.2, 0.25) is 0 Å². The molecule has 1 aliphatic rings. The van der Waals surface area contributed by atoms with Crippen LogP contribution in [0.25, 0.3) is 27.8 Å². The van der Waals surface area contributed by atoms with E-state index in [0.29, 0.717) is 35.3 Å². The van der Waals surface area contributed by atoms with Crippen LogP contribution in [-0.2, 0) is 16.0 Å². The third-order valence-corrected chi connectivity index (χ3v) is 4.94. The fourth-order valence-corrected chi connectivity index (χ4v) is 3.60. The first-order valence-corrected chi connectivity index (χ1v) is 9.15. The van der Waals surface area contributed by atoms with Crippen molar-refractivity contribution >= 4 is 33.8 Å². The number of carbonyl (C=O) groups excluding carboxylic acids is 1. The second-order valence-corrected chi connectivity index (χ2v) is 6.82. The molecule has 3 aromatic rings. The van der Waals surface area contributed by atoms with Gasteiger partial charge < -0.3 is 19.0 Å². The predicted octanol–water partition coefficient (Wildman–Crippen LogP) is 4.12. The average Bonchev–Trinajstić information content (AvgIpc) is 2.67. The van der Waals surface area contributed by atoms with Gasteiger partial charge in [0, 0.05) is 25.0 Å². The normalized spacial score (nSPS) is 16.2. The highest BCUT2D eigenvalue weighted by atomic mass is 16.5. The Morgan fingerprint density at radius 3 is 2.89 bits per heavy atom. The van der Waals surface area contributed by atoms with Crippen LogP contribution in [0, 0.1) is 0 Å². The zero-order valence-electron chi connectivity index (χ0n) is 15.7. The number of aliphatic hydroxyl groups is 1. The third kappa shape index (κ3) is 3.11. The van der Waals surface area contributed by atoms with Crippen molar-refractivity contribution in [2.24, 2.45) is 0 Å². The lowest BCUT2D eigenvalue weighted by Crippen LogP contribution is -2.27. The van der Waals surface area contributed by atoms with E-state index in [0.717, 1.165) is 16.3 Å². The molecule has 0 fully saturated rings. The molecule has 6 nitrogen and oxygen atoms in total. The number of esters is 1. The lowest BCUT2D eigenvalue weighted by atomic mass is 9.94. The molecule has 0 saturated carbocycles. The largest absolute Gasteiger partial charge is 0.512 e. The van der Waals surface area contributed by atoms with E-state index in [2.05, 4.69) is 0 Å². The Hall–Kier alpha value is -3.28. The molecule has 0 bridgehead atoms. The standard InChI is InChI=1S/C22H20O6/c1-3-14(23)9-16-10-18-21-13(8-15(27-18)11-19(25)26-2)7-12-5-4-6-17(24)20(12)22(21)28-16/h4-7,9-10,15,23H,3,8,11H2,1-2H3/t15-/m0/s1. The van der Waals surface area contributed by atoms with Crippen LogP contribution >= 0.6 is 0 Å². The molecule has 1 atom stereocenters. The van der Waals surface area contributed by atoms with Crippen molar-refractivity contribution < 1.29 is 23.8 Å². The summed E-state index contributed by atoms with van der Waals surface area (Å²) in [5, 5.41) is 11.9. The van der Waals surface area contributed by atoms with Crippen LogP contribution in [0.3, 0.4) is 0 Å². The number of rotatable bonds is 4. The second kappa shape index (κ2) is 7.03. The lowest BCUT2D eigenvalue weighted by molar-refractivity contribution is -0.142. The summed E-state index contributed by atoms with van der Waals surface area (Å²) in [6.45, 7) is 1.82. The van der Waals surface area contributed by atoms with E-state index in [1.165, 1.54) is 19.3 Å². The van der Waals surface area contributed by atoms with E-state index in [1.807, 2.05) is 19.1 Å². The molecular formula is C22H20O6. The maximum Gasteiger partial charge on any atom is 0.309 e. The van der Waals surface area contributed by atoms with Crippen molar-refractivity contribution in [3.63, 3.8) is 0 Å². The molecule has 6 heteroatoms. The van der Waals surface area contributed by atoms with E-state index >= 15 is 0 Å². The molecule has 2 aromatic carbocycles. The molecular weight excluding hydrogens is 360 g/mol. The van der Waals surface area contributed by atoms with Crippen molar-refractivity contribution in [3.8, 4) is 5.75 Å². The quantitative estimate of drug-likeness (QED) is 0.416. The molecule has 0 aliphatic carbocycles. The monoisotopic (exact) mass is 380 g/mol. The van der Waals surface area contributed by atoms with Gasteiger partial charge in [-0.25, -0.2) is 0 Å². The van der Waals surface area contributed by atoms with Crippen molar-refractivity contribution in [1.82, 2.24) is 0 Å². The van der Waals surface area contributed by atoms with Crippen molar-refractivity contribution in [2.45, 2.75) is 32.3 Å². The molecule has 0 saturated heterocycles. The van der Waals surface area contributed by atoms with Crippen molar-refractivity contribution in [2.75, 3.05) is 7.11 Å².